The Morgan fingerprint density at radius 1 is 1.30 bits per heavy atom. The minimum Gasteiger partial charge on any atom is -0.348 e. The Labute approximate surface area is 173 Å². The molecule has 0 radical (unpaired) electrons. The summed E-state index contributed by atoms with van der Waals surface area (Å²) < 4.78 is 1.04. The molecule has 0 spiro atoms. The van der Waals surface area contributed by atoms with Crippen LogP contribution in [0.15, 0.2) is 40.9 Å². The average molecular weight is 446 g/mol. The molecule has 4 nitrogen and oxygen atoms in total. The monoisotopic (exact) mass is 445 g/mol. The summed E-state index contributed by atoms with van der Waals surface area (Å²) in [6.07, 6.45) is 2.69. The molecule has 0 saturated carbocycles. The zero-order chi connectivity index (χ0) is 19.4. The molecule has 0 fully saturated rings. The van der Waals surface area contributed by atoms with E-state index in [1.54, 1.807) is 0 Å². The molecule has 0 aliphatic rings. The summed E-state index contributed by atoms with van der Waals surface area (Å²) in [5.41, 5.74) is 4.68. The zero-order valence-corrected chi connectivity index (χ0v) is 18.0. The first-order valence-corrected chi connectivity index (χ1v) is 10.6. The van der Waals surface area contributed by atoms with E-state index in [-0.39, 0.29) is 11.9 Å². The van der Waals surface area contributed by atoms with Gasteiger partial charge in [-0.2, -0.15) is 12.6 Å². The van der Waals surface area contributed by atoms with Gasteiger partial charge in [0.15, 0.2) is 0 Å². The number of aryl methyl sites for hydroxylation is 2. The number of aromatic amines is 1. The van der Waals surface area contributed by atoms with Gasteiger partial charge in [-0.25, -0.2) is 4.98 Å². The van der Waals surface area contributed by atoms with Crippen LogP contribution >= 0.6 is 28.6 Å². The molecule has 27 heavy (non-hydrogen) atoms. The van der Waals surface area contributed by atoms with Crippen LogP contribution in [0.25, 0.3) is 11.0 Å². The first-order chi connectivity index (χ1) is 13.0. The average Bonchev–Trinajstić information content (AvgIpc) is 3.06. The number of thiol groups is 1. The fourth-order valence-corrected chi connectivity index (χ4v) is 3.65. The molecule has 1 heterocycles. The second-order valence-corrected chi connectivity index (χ2v) is 8.09. The van der Waals surface area contributed by atoms with Gasteiger partial charge in [-0.1, -0.05) is 35.0 Å². The lowest BCUT2D eigenvalue weighted by Gasteiger charge is -2.17. The van der Waals surface area contributed by atoms with Crippen LogP contribution < -0.4 is 5.32 Å². The van der Waals surface area contributed by atoms with Gasteiger partial charge in [0.2, 0.25) is 0 Å². The van der Waals surface area contributed by atoms with E-state index in [4.69, 9.17) is 0 Å². The topological polar surface area (TPSA) is 57.8 Å². The number of aromatic nitrogens is 2. The summed E-state index contributed by atoms with van der Waals surface area (Å²) in [4.78, 5) is 20.8. The van der Waals surface area contributed by atoms with Crippen LogP contribution in [0.5, 0.6) is 0 Å². The number of hydrogen-bond acceptors (Lipinski definition) is 3. The summed E-state index contributed by atoms with van der Waals surface area (Å²) >= 11 is 7.86. The van der Waals surface area contributed by atoms with E-state index in [0.29, 0.717) is 11.3 Å². The highest BCUT2D eigenvalue weighted by molar-refractivity contribution is 9.10. The molecule has 1 aromatic heterocycles. The minimum atomic E-state index is -0.0807. The quantitative estimate of drug-likeness (QED) is 0.454. The van der Waals surface area contributed by atoms with Crippen molar-refractivity contribution in [3.8, 4) is 0 Å². The van der Waals surface area contributed by atoms with Gasteiger partial charge in [-0.15, -0.1) is 0 Å². The molecular formula is C21H24BrN3OS. The van der Waals surface area contributed by atoms with Crippen LogP contribution in [0.4, 0.5) is 0 Å². The number of amides is 1. The van der Waals surface area contributed by atoms with Crippen LogP contribution in [-0.2, 0) is 12.8 Å². The van der Waals surface area contributed by atoms with Gasteiger partial charge in [-0.3, -0.25) is 4.79 Å². The van der Waals surface area contributed by atoms with E-state index in [1.807, 2.05) is 31.2 Å². The lowest BCUT2D eigenvalue weighted by atomic mass is 10.1. The lowest BCUT2D eigenvalue weighted by Crippen LogP contribution is -2.37. The summed E-state index contributed by atoms with van der Waals surface area (Å²) in [5, 5.41) is 3.11. The fourth-order valence-electron chi connectivity index (χ4n) is 3.16. The molecule has 0 aliphatic heterocycles. The summed E-state index contributed by atoms with van der Waals surface area (Å²) in [5.74, 6) is 1.47. The fraction of sp³-hybridized carbons (Fsp3) is 0.333. The molecule has 1 amide bonds. The number of benzene rings is 2. The predicted molar refractivity (Wildman–Crippen MR) is 118 cm³/mol. The van der Waals surface area contributed by atoms with E-state index >= 15 is 0 Å². The molecule has 3 rings (SSSR count). The Hall–Kier alpha value is -1.79. The Kier molecular flexibility index (Phi) is 6.60. The van der Waals surface area contributed by atoms with E-state index < -0.39 is 0 Å². The second kappa shape index (κ2) is 8.93. The van der Waals surface area contributed by atoms with Gasteiger partial charge in [0, 0.05) is 28.3 Å². The van der Waals surface area contributed by atoms with Crippen LogP contribution in [0.3, 0.4) is 0 Å². The van der Waals surface area contributed by atoms with Gasteiger partial charge in [0.25, 0.3) is 5.91 Å². The molecule has 0 aliphatic carbocycles. The number of rotatable bonds is 7. The number of fused-ring (bicyclic) bond motifs is 1. The molecule has 0 saturated heterocycles. The summed E-state index contributed by atoms with van der Waals surface area (Å²) in [6, 6.07) is 11.9. The Morgan fingerprint density at radius 2 is 2.04 bits per heavy atom. The van der Waals surface area contributed by atoms with Crippen molar-refractivity contribution in [1.29, 1.82) is 0 Å². The first kappa shape index (κ1) is 20.0. The molecule has 142 valence electrons. The number of imidazole rings is 1. The Bertz CT molecular complexity index is 936. The largest absolute Gasteiger partial charge is 0.348 e. The normalized spacial score (nSPS) is 12.3. The molecule has 0 unspecified atom stereocenters. The highest BCUT2D eigenvalue weighted by atomic mass is 79.9. The van der Waals surface area contributed by atoms with E-state index in [2.05, 4.69) is 62.9 Å². The number of nitrogens with one attached hydrogen (secondary N) is 2. The number of halogens is 1. The predicted octanol–water partition coefficient (Wildman–Crippen LogP) is 4.86. The van der Waals surface area contributed by atoms with Crippen LogP contribution in [-0.4, -0.2) is 27.7 Å². The van der Waals surface area contributed by atoms with Gasteiger partial charge in [0.1, 0.15) is 5.82 Å². The van der Waals surface area contributed by atoms with E-state index in [0.717, 1.165) is 46.2 Å². The van der Waals surface area contributed by atoms with Crippen molar-refractivity contribution in [1.82, 2.24) is 15.3 Å². The van der Waals surface area contributed by atoms with Gasteiger partial charge >= 0.3 is 0 Å². The van der Waals surface area contributed by atoms with E-state index in [1.165, 1.54) is 5.56 Å². The number of nitrogens with zero attached hydrogens (tertiary/aromatic N) is 1. The van der Waals surface area contributed by atoms with Crippen LogP contribution in [0.1, 0.15) is 40.7 Å². The smallest absolute Gasteiger partial charge is 0.251 e. The van der Waals surface area contributed by atoms with Crippen molar-refractivity contribution >= 4 is 45.5 Å². The lowest BCUT2D eigenvalue weighted by molar-refractivity contribution is 0.0941. The third-order valence-electron chi connectivity index (χ3n) is 4.53. The molecule has 2 aromatic carbocycles. The molecular weight excluding hydrogens is 422 g/mol. The second-order valence-electron chi connectivity index (χ2n) is 6.81. The molecule has 1 atom stereocenters. The Balaban J connectivity index is 1.76. The van der Waals surface area contributed by atoms with E-state index in [9.17, 15) is 4.79 Å². The number of hydrogen-bond donors (Lipinski definition) is 3. The van der Waals surface area contributed by atoms with Crippen molar-refractivity contribution < 1.29 is 4.79 Å². The Morgan fingerprint density at radius 3 is 2.70 bits per heavy atom. The SMILES string of the molecule is CCCc1nc2c(C)cc(C(=O)N[C@@H](CS)Cc3ccc(Br)cc3)cc2[nH]1. The van der Waals surface area contributed by atoms with Crippen molar-refractivity contribution in [2.45, 2.75) is 39.2 Å². The molecule has 3 aromatic rings. The van der Waals surface area contributed by atoms with Crippen molar-refractivity contribution in [2.75, 3.05) is 5.75 Å². The van der Waals surface area contributed by atoms with Crippen molar-refractivity contribution in [2.24, 2.45) is 0 Å². The third kappa shape index (κ3) is 4.93. The van der Waals surface area contributed by atoms with Crippen molar-refractivity contribution in [3.63, 3.8) is 0 Å². The van der Waals surface area contributed by atoms with Gasteiger partial charge in [-0.05, 0) is 55.2 Å². The molecule has 6 heteroatoms. The highest BCUT2D eigenvalue weighted by Gasteiger charge is 2.16. The van der Waals surface area contributed by atoms with Gasteiger partial charge in [0.05, 0.1) is 11.0 Å². The highest BCUT2D eigenvalue weighted by Crippen LogP contribution is 2.20. The minimum absolute atomic E-state index is 0.0320. The number of carbonyl (C=O) groups excluding carboxylic acids is 1. The van der Waals surface area contributed by atoms with Crippen molar-refractivity contribution in [3.05, 3.63) is 63.4 Å². The third-order valence-corrected chi connectivity index (χ3v) is 5.50. The molecule has 0 bridgehead atoms. The maximum absolute atomic E-state index is 12.8. The van der Waals surface area contributed by atoms with Crippen LogP contribution in [0.2, 0.25) is 0 Å². The standard InChI is InChI=1S/C21H24BrN3OS/c1-3-4-19-24-18-11-15(9-13(2)20(18)25-19)21(26)23-17(12-27)10-14-5-7-16(22)8-6-14/h5-9,11,17,27H,3-4,10,12H2,1-2H3,(H,23,26)(H,24,25)/t17-/m1/s1. The number of carbonyl (C=O) groups is 1. The summed E-state index contributed by atoms with van der Waals surface area (Å²) in [7, 11) is 0. The van der Waals surface area contributed by atoms with Gasteiger partial charge < -0.3 is 10.3 Å². The van der Waals surface area contributed by atoms with Crippen LogP contribution in [0, 0.1) is 6.92 Å². The maximum Gasteiger partial charge on any atom is 0.251 e. The number of H-pyrrole nitrogens is 1. The maximum atomic E-state index is 12.8. The first-order valence-electron chi connectivity index (χ1n) is 9.15. The zero-order valence-electron chi connectivity index (χ0n) is 15.6. The molecule has 2 N–H and O–H groups in total. The summed E-state index contributed by atoms with van der Waals surface area (Å²) in [6.45, 7) is 4.12.